The molecule has 2 aromatic carbocycles. The van der Waals surface area contributed by atoms with Crippen LogP contribution < -0.4 is 0 Å². The minimum Gasteiger partial charge on any atom is -0.392 e. The summed E-state index contributed by atoms with van der Waals surface area (Å²) in [4.78, 5) is 12.2. The molecule has 0 bridgehead atoms. The first-order valence-electron chi connectivity index (χ1n) is 5.20. The predicted molar refractivity (Wildman–Crippen MR) is 61.2 cm³/mol. The topological polar surface area (TPSA) is 37.3 Å². The summed E-state index contributed by atoms with van der Waals surface area (Å²) in [5.41, 5.74) is 4.01. The average Bonchev–Trinajstić information content (AvgIpc) is 2.64. The summed E-state index contributed by atoms with van der Waals surface area (Å²) in [5, 5.41) is 9.25. The molecule has 78 valence electrons. The average molecular weight is 210 g/mol. The molecule has 3 rings (SSSR count). The number of benzene rings is 2. The maximum absolute atomic E-state index is 12.2. The van der Waals surface area contributed by atoms with Gasteiger partial charge in [-0.2, -0.15) is 0 Å². The molecular weight excluding hydrogens is 200 g/mol. The molecule has 0 atom stereocenters. The van der Waals surface area contributed by atoms with Gasteiger partial charge in [-0.25, -0.2) is 0 Å². The fraction of sp³-hybridized carbons (Fsp3) is 0.0714. The summed E-state index contributed by atoms with van der Waals surface area (Å²) in [5.74, 6) is 0.0234. The third-order valence-electron chi connectivity index (χ3n) is 3.01. The zero-order valence-electron chi connectivity index (χ0n) is 8.60. The molecule has 0 saturated heterocycles. The molecule has 0 amide bonds. The van der Waals surface area contributed by atoms with E-state index in [1.165, 1.54) is 0 Å². The minimum atomic E-state index is -0.0943. The van der Waals surface area contributed by atoms with Gasteiger partial charge in [0.25, 0.3) is 0 Å². The van der Waals surface area contributed by atoms with Crippen molar-refractivity contribution in [3.05, 3.63) is 59.2 Å². The molecule has 1 N–H and O–H groups in total. The van der Waals surface area contributed by atoms with E-state index in [2.05, 4.69) is 0 Å². The van der Waals surface area contributed by atoms with E-state index in [0.29, 0.717) is 11.1 Å². The van der Waals surface area contributed by atoms with Crippen LogP contribution in [0.5, 0.6) is 0 Å². The van der Waals surface area contributed by atoms with Gasteiger partial charge in [0.15, 0.2) is 5.78 Å². The lowest BCUT2D eigenvalue weighted by atomic mass is 10.0. The van der Waals surface area contributed by atoms with E-state index in [-0.39, 0.29) is 12.4 Å². The Bertz CT molecular complexity index is 585. The molecule has 0 aliphatic heterocycles. The van der Waals surface area contributed by atoms with Crippen LogP contribution in [-0.4, -0.2) is 10.9 Å². The van der Waals surface area contributed by atoms with E-state index in [1.807, 2.05) is 36.4 Å². The van der Waals surface area contributed by atoms with E-state index < -0.39 is 0 Å². The van der Waals surface area contributed by atoms with Crippen LogP contribution in [0, 0.1) is 0 Å². The first-order chi connectivity index (χ1) is 7.83. The second-order valence-electron chi connectivity index (χ2n) is 3.87. The smallest absolute Gasteiger partial charge is 0.194 e. The Labute approximate surface area is 93.2 Å². The van der Waals surface area contributed by atoms with Gasteiger partial charge < -0.3 is 5.11 Å². The van der Waals surface area contributed by atoms with Gasteiger partial charge in [0, 0.05) is 11.1 Å². The van der Waals surface area contributed by atoms with E-state index >= 15 is 0 Å². The van der Waals surface area contributed by atoms with E-state index in [4.69, 9.17) is 0 Å². The summed E-state index contributed by atoms with van der Waals surface area (Å²) in [6.45, 7) is -0.0943. The Morgan fingerprint density at radius 2 is 1.56 bits per heavy atom. The maximum Gasteiger partial charge on any atom is 0.194 e. The molecular formula is C14H10O2. The fourth-order valence-electron chi connectivity index (χ4n) is 2.28. The molecule has 0 aromatic heterocycles. The summed E-state index contributed by atoms with van der Waals surface area (Å²) >= 11 is 0. The molecule has 2 nitrogen and oxygen atoms in total. The molecule has 0 spiro atoms. The van der Waals surface area contributed by atoms with Crippen molar-refractivity contribution in [1.29, 1.82) is 0 Å². The molecule has 0 saturated carbocycles. The minimum absolute atomic E-state index is 0.0234. The van der Waals surface area contributed by atoms with Crippen molar-refractivity contribution in [3.8, 4) is 11.1 Å². The molecule has 0 unspecified atom stereocenters. The number of rotatable bonds is 1. The largest absolute Gasteiger partial charge is 0.392 e. The van der Waals surface area contributed by atoms with Crippen molar-refractivity contribution in [2.75, 3.05) is 0 Å². The van der Waals surface area contributed by atoms with Crippen LogP contribution in [0.25, 0.3) is 11.1 Å². The molecule has 0 heterocycles. The third-order valence-corrected chi connectivity index (χ3v) is 3.01. The van der Waals surface area contributed by atoms with Gasteiger partial charge in [-0.05, 0) is 16.7 Å². The predicted octanol–water partition coefficient (Wildman–Crippen LogP) is 2.39. The number of carbonyl (C=O) groups excluding carboxylic acids is 1. The van der Waals surface area contributed by atoms with Crippen molar-refractivity contribution in [2.24, 2.45) is 0 Å². The van der Waals surface area contributed by atoms with Gasteiger partial charge in [0.2, 0.25) is 0 Å². The number of carbonyl (C=O) groups is 1. The van der Waals surface area contributed by atoms with Gasteiger partial charge >= 0.3 is 0 Å². The van der Waals surface area contributed by atoms with Crippen molar-refractivity contribution in [1.82, 2.24) is 0 Å². The van der Waals surface area contributed by atoms with Crippen LogP contribution in [0.2, 0.25) is 0 Å². The molecule has 0 radical (unpaired) electrons. The second-order valence-corrected chi connectivity index (χ2v) is 3.87. The number of fused-ring (bicyclic) bond motifs is 3. The highest BCUT2D eigenvalue weighted by atomic mass is 16.3. The van der Waals surface area contributed by atoms with Gasteiger partial charge in [-0.15, -0.1) is 0 Å². The molecule has 2 heteroatoms. The molecule has 16 heavy (non-hydrogen) atoms. The van der Waals surface area contributed by atoms with Crippen LogP contribution in [0.15, 0.2) is 42.5 Å². The Balaban J connectivity index is 2.37. The fourth-order valence-corrected chi connectivity index (χ4v) is 2.28. The van der Waals surface area contributed by atoms with Crippen LogP contribution in [0.3, 0.4) is 0 Å². The summed E-state index contributed by atoms with van der Waals surface area (Å²) in [6.07, 6.45) is 0. The number of hydrogen-bond acceptors (Lipinski definition) is 2. The normalized spacial score (nSPS) is 12.4. The summed E-state index contributed by atoms with van der Waals surface area (Å²) in [7, 11) is 0. The Kier molecular flexibility index (Phi) is 1.91. The maximum atomic E-state index is 12.2. The van der Waals surface area contributed by atoms with Crippen molar-refractivity contribution in [3.63, 3.8) is 0 Å². The van der Waals surface area contributed by atoms with Crippen LogP contribution in [-0.2, 0) is 6.61 Å². The Morgan fingerprint density at radius 3 is 2.31 bits per heavy atom. The number of ketones is 1. The van der Waals surface area contributed by atoms with Crippen molar-refractivity contribution < 1.29 is 9.90 Å². The van der Waals surface area contributed by atoms with Gasteiger partial charge in [0.05, 0.1) is 6.61 Å². The van der Waals surface area contributed by atoms with E-state index in [1.54, 1.807) is 6.07 Å². The SMILES string of the molecule is O=C1c2ccccc2-c2cccc(CO)c21. The van der Waals surface area contributed by atoms with E-state index in [9.17, 15) is 9.90 Å². The zero-order valence-corrected chi connectivity index (χ0v) is 8.60. The second kappa shape index (κ2) is 3.29. The highest BCUT2D eigenvalue weighted by Crippen LogP contribution is 2.37. The van der Waals surface area contributed by atoms with Crippen molar-refractivity contribution >= 4 is 5.78 Å². The Morgan fingerprint density at radius 1 is 0.875 bits per heavy atom. The summed E-state index contributed by atoms with van der Waals surface area (Å²) < 4.78 is 0. The lowest BCUT2D eigenvalue weighted by Gasteiger charge is -2.03. The van der Waals surface area contributed by atoms with Crippen LogP contribution >= 0.6 is 0 Å². The molecule has 0 fully saturated rings. The van der Waals surface area contributed by atoms with Gasteiger partial charge in [0.1, 0.15) is 0 Å². The van der Waals surface area contributed by atoms with Crippen LogP contribution in [0.4, 0.5) is 0 Å². The van der Waals surface area contributed by atoms with Gasteiger partial charge in [-0.3, -0.25) is 4.79 Å². The third kappa shape index (κ3) is 1.08. The monoisotopic (exact) mass is 210 g/mol. The first kappa shape index (κ1) is 9.31. The molecule has 1 aliphatic rings. The standard InChI is InChI=1S/C14H10O2/c15-8-9-4-3-7-11-10-5-1-2-6-12(10)14(16)13(9)11/h1-7,15H,8H2. The molecule has 1 aliphatic carbocycles. The number of aliphatic hydroxyl groups is 1. The first-order valence-corrected chi connectivity index (χ1v) is 5.20. The quantitative estimate of drug-likeness (QED) is 0.669. The lowest BCUT2D eigenvalue weighted by Crippen LogP contribution is -2.00. The molecule has 2 aromatic rings. The van der Waals surface area contributed by atoms with Crippen molar-refractivity contribution in [2.45, 2.75) is 6.61 Å². The van der Waals surface area contributed by atoms with E-state index in [0.717, 1.165) is 16.7 Å². The number of aliphatic hydroxyl groups excluding tert-OH is 1. The Hall–Kier alpha value is -1.93. The van der Waals surface area contributed by atoms with Crippen LogP contribution in [0.1, 0.15) is 21.5 Å². The highest BCUT2D eigenvalue weighted by molar-refractivity contribution is 6.22. The lowest BCUT2D eigenvalue weighted by molar-refractivity contribution is 0.104. The highest BCUT2D eigenvalue weighted by Gasteiger charge is 2.27. The summed E-state index contributed by atoms with van der Waals surface area (Å²) in [6, 6.07) is 13.2. The van der Waals surface area contributed by atoms with Gasteiger partial charge in [-0.1, -0.05) is 42.5 Å². The zero-order chi connectivity index (χ0) is 11.1. The number of hydrogen-bond donors (Lipinski definition) is 1.